The van der Waals surface area contributed by atoms with Gasteiger partial charge in [0.1, 0.15) is 11.3 Å². The number of nitrogens with zero attached hydrogens (tertiary/aromatic N) is 2. The number of rotatable bonds is 3. The van der Waals surface area contributed by atoms with Gasteiger partial charge in [-0.1, -0.05) is 5.16 Å². The lowest BCUT2D eigenvalue weighted by atomic mass is 10.0. The first-order chi connectivity index (χ1) is 10.4. The third-order valence-electron chi connectivity index (χ3n) is 3.39. The second-order valence-corrected chi connectivity index (χ2v) is 4.93. The van der Waals surface area contributed by atoms with Crippen molar-refractivity contribution in [1.29, 1.82) is 0 Å². The number of pyridine rings is 1. The van der Waals surface area contributed by atoms with Crippen LogP contribution in [0.3, 0.4) is 0 Å². The van der Waals surface area contributed by atoms with Gasteiger partial charge < -0.3 is 9.26 Å². The van der Waals surface area contributed by atoms with Gasteiger partial charge in [-0.2, -0.15) is 13.2 Å². The van der Waals surface area contributed by atoms with E-state index in [0.29, 0.717) is 0 Å². The van der Waals surface area contributed by atoms with Crippen LogP contribution in [0.25, 0.3) is 11.3 Å². The van der Waals surface area contributed by atoms with Crippen molar-refractivity contribution in [3.8, 4) is 11.3 Å². The molecule has 3 rings (SSSR count). The van der Waals surface area contributed by atoms with Crippen LogP contribution in [0.5, 0.6) is 0 Å². The first-order valence-corrected chi connectivity index (χ1v) is 6.54. The number of ether oxygens (including phenoxy) is 1. The number of aromatic nitrogens is 2. The van der Waals surface area contributed by atoms with Crippen molar-refractivity contribution in [1.82, 2.24) is 10.1 Å². The lowest BCUT2D eigenvalue weighted by molar-refractivity contribution is -0.140. The summed E-state index contributed by atoms with van der Waals surface area (Å²) in [6.07, 6.45) is -2.02. The van der Waals surface area contributed by atoms with Gasteiger partial charge in [-0.15, -0.1) is 0 Å². The maximum absolute atomic E-state index is 13.1. The number of methoxy groups -OCH3 is 1. The van der Waals surface area contributed by atoms with Crippen LogP contribution in [0, 0.1) is 0 Å². The van der Waals surface area contributed by atoms with Crippen LogP contribution in [-0.4, -0.2) is 23.2 Å². The Bertz CT molecular complexity index is 720. The summed E-state index contributed by atoms with van der Waals surface area (Å²) in [5.41, 5.74) is -1.65. The summed E-state index contributed by atoms with van der Waals surface area (Å²) in [6.45, 7) is 0. The Balaban J connectivity index is 2.19. The number of alkyl halides is 3. The fourth-order valence-corrected chi connectivity index (χ4v) is 2.23. The van der Waals surface area contributed by atoms with E-state index in [1.54, 1.807) is 0 Å². The Morgan fingerprint density at radius 1 is 1.41 bits per heavy atom. The Morgan fingerprint density at radius 3 is 2.73 bits per heavy atom. The minimum atomic E-state index is -4.66. The highest BCUT2D eigenvalue weighted by Crippen LogP contribution is 2.45. The summed E-state index contributed by atoms with van der Waals surface area (Å²) in [4.78, 5) is 15.3. The van der Waals surface area contributed by atoms with Crippen molar-refractivity contribution >= 4 is 5.97 Å². The van der Waals surface area contributed by atoms with Crippen molar-refractivity contribution in [2.75, 3.05) is 7.11 Å². The third kappa shape index (κ3) is 2.44. The molecule has 1 fully saturated rings. The molecule has 1 aliphatic carbocycles. The molecule has 0 saturated heterocycles. The Morgan fingerprint density at radius 2 is 2.14 bits per heavy atom. The quantitative estimate of drug-likeness (QED) is 0.813. The molecule has 1 aliphatic rings. The predicted molar refractivity (Wildman–Crippen MR) is 68.1 cm³/mol. The predicted octanol–water partition coefficient (Wildman–Crippen LogP) is 3.42. The minimum Gasteiger partial charge on any atom is -0.465 e. The molecule has 0 N–H and O–H groups in total. The largest absolute Gasteiger partial charge is 0.465 e. The van der Waals surface area contributed by atoms with Gasteiger partial charge in [-0.3, -0.25) is 4.98 Å². The molecule has 0 aromatic carbocycles. The van der Waals surface area contributed by atoms with E-state index in [1.807, 2.05) is 0 Å². The second kappa shape index (κ2) is 5.11. The van der Waals surface area contributed by atoms with Crippen molar-refractivity contribution in [3.63, 3.8) is 0 Å². The Hall–Kier alpha value is -2.38. The molecule has 1 saturated carbocycles. The van der Waals surface area contributed by atoms with Gasteiger partial charge in [0.25, 0.3) is 0 Å². The lowest BCUT2D eigenvalue weighted by Gasteiger charge is -2.10. The van der Waals surface area contributed by atoms with Gasteiger partial charge >= 0.3 is 12.1 Å². The number of halogens is 3. The number of esters is 1. The van der Waals surface area contributed by atoms with Gasteiger partial charge in [0.2, 0.25) is 0 Å². The molecule has 0 amide bonds. The third-order valence-corrected chi connectivity index (χ3v) is 3.39. The maximum atomic E-state index is 13.1. The van der Waals surface area contributed by atoms with Crippen LogP contribution in [-0.2, 0) is 10.9 Å². The maximum Gasteiger partial charge on any atom is 0.434 e. The molecule has 5 nitrogen and oxygen atoms in total. The minimum absolute atomic E-state index is 0.00126. The smallest absolute Gasteiger partial charge is 0.434 e. The van der Waals surface area contributed by atoms with E-state index in [1.165, 1.54) is 12.1 Å². The van der Waals surface area contributed by atoms with Crippen LogP contribution in [0.15, 0.2) is 22.9 Å². The molecule has 8 heteroatoms. The highest BCUT2D eigenvalue weighted by Gasteiger charge is 2.40. The highest BCUT2D eigenvalue weighted by atomic mass is 19.4. The van der Waals surface area contributed by atoms with E-state index in [0.717, 1.165) is 26.1 Å². The molecule has 2 aromatic rings. The Kier molecular flexibility index (Phi) is 3.38. The van der Waals surface area contributed by atoms with E-state index >= 15 is 0 Å². The molecule has 0 aliphatic heterocycles. The van der Waals surface area contributed by atoms with Crippen molar-refractivity contribution in [2.24, 2.45) is 0 Å². The topological polar surface area (TPSA) is 65.2 Å². The lowest BCUT2D eigenvalue weighted by Crippen LogP contribution is -2.11. The van der Waals surface area contributed by atoms with E-state index in [2.05, 4.69) is 14.9 Å². The summed E-state index contributed by atoms with van der Waals surface area (Å²) in [5, 5.41) is 3.68. The molecule has 2 aromatic heterocycles. The average Bonchev–Trinajstić information content (AvgIpc) is 3.24. The zero-order valence-electron chi connectivity index (χ0n) is 11.5. The van der Waals surface area contributed by atoms with Crippen LogP contribution >= 0.6 is 0 Å². The zero-order valence-corrected chi connectivity index (χ0v) is 11.5. The van der Waals surface area contributed by atoms with Crippen molar-refractivity contribution in [2.45, 2.75) is 24.9 Å². The molecular formula is C14H11F3N2O3. The molecule has 0 radical (unpaired) electrons. The number of carbonyl (C=O) groups is 1. The number of carbonyl (C=O) groups excluding carboxylic acids is 1. The molecule has 116 valence electrons. The summed E-state index contributed by atoms with van der Waals surface area (Å²) >= 11 is 0. The van der Waals surface area contributed by atoms with Crippen LogP contribution < -0.4 is 0 Å². The zero-order chi connectivity index (χ0) is 15.9. The second-order valence-electron chi connectivity index (χ2n) is 4.93. The fourth-order valence-electron chi connectivity index (χ4n) is 2.23. The number of hydrogen-bond acceptors (Lipinski definition) is 5. The summed E-state index contributed by atoms with van der Waals surface area (Å²) in [6, 6.07) is 2.55. The molecule has 0 bridgehead atoms. The SMILES string of the molecule is COC(=O)c1c(-c2cccnc2C(F)(F)F)noc1C1CC1. The van der Waals surface area contributed by atoms with E-state index in [-0.39, 0.29) is 28.5 Å². The molecule has 0 spiro atoms. The van der Waals surface area contributed by atoms with Gasteiger partial charge in [-0.05, 0) is 25.0 Å². The van der Waals surface area contributed by atoms with Gasteiger partial charge in [0, 0.05) is 17.7 Å². The molecular weight excluding hydrogens is 301 g/mol. The Labute approximate surface area is 123 Å². The molecule has 0 unspecified atom stereocenters. The van der Waals surface area contributed by atoms with Gasteiger partial charge in [0.05, 0.1) is 7.11 Å². The van der Waals surface area contributed by atoms with Crippen LogP contribution in [0.2, 0.25) is 0 Å². The van der Waals surface area contributed by atoms with Gasteiger partial charge in [0.15, 0.2) is 11.5 Å². The standard InChI is InChI=1S/C14H11F3N2O3/c1-21-13(20)9-10(19-22-11(9)7-4-5-7)8-3-2-6-18-12(8)14(15,16)17/h2-3,6-7H,4-5H2,1H3. The monoisotopic (exact) mass is 312 g/mol. The highest BCUT2D eigenvalue weighted by molar-refractivity contribution is 5.97. The average molecular weight is 312 g/mol. The van der Waals surface area contributed by atoms with Gasteiger partial charge in [-0.25, -0.2) is 4.79 Å². The normalized spacial score (nSPS) is 14.9. The van der Waals surface area contributed by atoms with E-state index in [4.69, 9.17) is 4.52 Å². The summed E-state index contributed by atoms with van der Waals surface area (Å²) < 4.78 is 49.0. The molecule has 0 atom stereocenters. The summed E-state index contributed by atoms with van der Waals surface area (Å²) in [7, 11) is 1.16. The first-order valence-electron chi connectivity index (χ1n) is 6.54. The summed E-state index contributed by atoms with van der Waals surface area (Å²) in [5.74, 6) is -0.490. The molecule has 2 heterocycles. The van der Waals surface area contributed by atoms with Crippen LogP contribution in [0.1, 0.15) is 40.6 Å². The first kappa shape index (κ1) is 14.6. The van der Waals surface area contributed by atoms with E-state index in [9.17, 15) is 18.0 Å². The van der Waals surface area contributed by atoms with Crippen molar-refractivity contribution < 1.29 is 27.2 Å². The number of hydrogen-bond donors (Lipinski definition) is 0. The fraction of sp³-hybridized carbons (Fsp3) is 0.357. The van der Waals surface area contributed by atoms with Crippen LogP contribution in [0.4, 0.5) is 13.2 Å². The van der Waals surface area contributed by atoms with E-state index < -0.39 is 17.8 Å². The molecule has 22 heavy (non-hydrogen) atoms. The van der Waals surface area contributed by atoms with Crippen molar-refractivity contribution in [3.05, 3.63) is 35.3 Å².